The van der Waals surface area contributed by atoms with Crippen molar-refractivity contribution in [3.63, 3.8) is 0 Å². The molecule has 0 saturated heterocycles. The molecular formula is C21H24IN7. The van der Waals surface area contributed by atoms with Crippen LogP contribution in [0.4, 0.5) is 17.8 Å². The second-order valence-corrected chi connectivity index (χ2v) is 8.57. The van der Waals surface area contributed by atoms with E-state index in [1.54, 1.807) is 6.21 Å². The largest absolute Gasteiger partial charge is 0.350 e. The highest BCUT2D eigenvalue weighted by Gasteiger charge is 2.14. The van der Waals surface area contributed by atoms with Gasteiger partial charge in [0.1, 0.15) is 0 Å². The van der Waals surface area contributed by atoms with Crippen molar-refractivity contribution in [2.24, 2.45) is 5.10 Å². The average Bonchev–Trinajstić information content (AvgIpc) is 2.67. The summed E-state index contributed by atoms with van der Waals surface area (Å²) in [6.45, 7) is 6.77. The fourth-order valence-corrected chi connectivity index (χ4v) is 2.94. The number of hydrazone groups is 1. The van der Waals surface area contributed by atoms with Crippen LogP contribution in [0.5, 0.6) is 0 Å². The van der Waals surface area contributed by atoms with Gasteiger partial charge < -0.3 is 10.6 Å². The minimum Gasteiger partial charge on any atom is -0.350 e. The number of anilines is 3. The number of benzene rings is 2. The van der Waals surface area contributed by atoms with Gasteiger partial charge in [0.2, 0.25) is 17.8 Å². The van der Waals surface area contributed by atoms with Crippen molar-refractivity contribution < 1.29 is 0 Å². The van der Waals surface area contributed by atoms with E-state index in [1.807, 2.05) is 54.6 Å². The van der Waals surface area contributed by atoms with Crippen LogP contribution >= 0.6 is 22.6 Å². The number of halogens is 1. The van der Waals surface area contributed by atoms with Gasteiger partial charge in [-0.05, 0) is 55.0 Å². The summed E-state index contributed by atoms with van der Waals surface area (Å²) in [6.07, 6.45) is 1.75. The van der Waals surface area contributed by atoms with E-state index >= 15 is 0 Å². The Hall–Kier alpha value is -2.75. The predicted molar refractivity (Wildman–Crippen MR) is 127 cm³/mol. The van der Waals surface area contributed by atoms with Gasteiger partial charge in [0.25, 0.3) is 0 Å². The molecule has 0 aliphatic heterocycles. The van der Waals surface area contributed by atoms with E-state index in [9.17, 15) is 0 Å². The van der Waals surface area contributed by atoms with Crippen LogP contribution in [-0.4, -0.2) is 26.7 Å². The normalized spacial score (nSPS) is 11.4. The Morgan fingerprint density at radius 3 is 2.28 bits per heavy atom. The lowest BCUT2D eigenvalue weighted by atomic mass is 10.1. The van der Waals surface area contributed by atoms with Crippen molar-refractivity contribution in [1.29, 1.82) is 0 Å². The second-order valence-electron chi connectivity index (χ2n) is 7.41. The molecule has 0 aliphatic carbocycles. The maximum Gasteiger partial charge on any atom is 0.250 e. The number of nitrogens with zero attached hydrogens (tertiary/aromatic N) is 4. The lowest BCUT2D eigenvalue weighted by molar-refractivity contribution is 0.625. The van der Waals surface area contributed by atoms with Gasteiger partial charge in [-0.25, -0.2) is 5.43 Å². The van der Waals surface area contributed by atoms with Gasteiger partial charge in [-0.3, -0.25) is 0 Å². The van der Waals surface area contributed by atoms with Gasteiger partial charge in [-0.15, -0.1) is 0 Å². The molecule has 0 saturated carbocycles. The van der Waals surface area contributed by atoms with Crippen LogP contribution in [0.3, 0.4) is 0 Å². The van der Waals surface area contributed by atoms with Crippen molar-refractivity contribution in [2.45, 2.75) is 32.9 Å². The molecule has 1 aromatic heterocycles. The van der Waals surface area contributed by atoms with Crippen LogP contribution in [0.25, 0.3) is 0 Å². The second kappa shape index (κ2) is 9.64. The standard InChI is InChI=1S/C21H24IN7/c1-21(2,3)28-19-25-18(23-13-15-9-5-4-6-10-15)26-20(27-19)29-24-14-16-11-7-8-12-17(16)22/h4-12,14H,13H2,1-3H3,(H3,23,25,26,27,28,29). The summed E-state index contributed by atoms with van der Waals surface area (Å²) in [6, 6.07) is 18.1. The summed E-state index contributed by atoms with van der Waals surface area (Å²) >= 11 is 2.28. The highest BCUT2D eigenvalue weighted by molar-refractivity contribution is 14.1. The molecule has 8 heteroatoms. The van der Waals surface area contributed by atoms with E-state index < -0.39 is 0 Å². The van der Waals surface area contributed by atoms with Crippen LogP contribution in [0.2, 0.25) is 0 Å². The van der Waals surface area contributed by atoms with Crippen molar-refractivity contribution in [3.05, 3.63) is 69.3 Å². The SMILES string of the molecule is CC(C)(C)Nc1nc(NCc2ccccc2)nc(NN=Cc2ccccc2I)n1. The fourth-order valence-electron chi connectivity index (χ4n) is 2.41. The summed E-state index contributed by atoms with van der Waals surface area (Å²) in [5, 5.41) is 10.8. The molecule has 3 N–H and O–H groups in total. The molecule has 0 atom stereocenters. The van der Waals surface area contributed by atoms with Crippen LogP contribution < -0.4 is 16.1 Å². The molecular weight excluding hydrogens is 477 g/mol. The molecule has 0 amide bonds. The molecule has 0 fully saturated rings. The van der Waals surface area contributed by atoms with Crippen molar-refractivity contribution >= 4 is 46.7 Å². The van der Waals surface area contributed by atoms with E-state index in [0.29, 0.717) is 24.4 Å². The number of hydrogen-bond acceptors (Lipinski definition) is 7. The smallest absolute Gasteiger partial charge is 0.250 e. The van der Waals surface area contributed by atoms with Crippen LogP contribution in [0, 0.1) is 3.57 Å². The highest BCUT2D eigenvalue weighted by atomic mass is 127. The number of aromatic nitrogens is 3. The van der Waals surface area contributed by atoms with Gasteiger partial charge in [0.15, 0.2) is 0 Å². The monoisotopic (exact) mass is 501 g/mol. The first-order valence-corrected chi connectivity index (χ1v) is 10.3. The molecule has 0 spiro atoms. The molecule has 2 aromatic carbocycles. The topological polar surface area (TPSA) is 87.1 Å². The molecule has 0 unspecified atom stereocenters. The van der Waals surface area contributed by atoms with Crippen LogP contribution in [-0.2, 0) is 6.54 Å². The maximum atomic E-state index is 4.48. The highest BCUT2D eigenvalue weighted by Crippen LogP contribution is 2.15. The molecule has 29 heavy (non-hydrogen) atoms. The Balaban J connectivity index is 1.77. The number of hydrogen-bond donors (Lipinski definition) is 3. The quantitative estimate of drug-likeness (QED) is 0.246. The van der Waals surface area contributed by atoms with Crippen molar-refractivity contribution in [3.8, 4) is 0 Å². The van der Waals surface area contributed by atoms with Gasteiger partial charge in [0.05, 0.1) is 6.21 Å². The maximum absolute atomic E-state index is 4.48. The molecule has 1 heterocycles. The molecule has 150 valence electrons. The summed E-state index contributed by atoms with van der Waals surface area (Å²) in [4.78, 5) is 13.3. The fraction of sp³-hybridized carbons (Fsp3) is 0.238. The molecule has 3 rings (SSSR count). The Kier molecular flexibility index (Phi) is 6.97. The average molecular weight is 501 g/mol. The number of nitrogens with one attached hydrogen (secondary N) is 3. The summed E-state index contributed by atoms with van der Waals surface area (Å²) in [5.74, 6) is 1.32. The first kappa shape index (κ1) is 21.0. The van der Waals surface area contributed by atoms with E-state index in [1.165, 1.54) is 0 Å². The number of rotatable bonds is 7. The lowest BCUT2D eigenvalue weighted by Gasteiger charge is -2.20. The Morgan fingerprint density at radius 2 is 1.55 bits per heavy atom. The lowest BCUT2D eigenvalue weighted by Crippen LogP contribution is -2.28. The third-order valence-electron chi connectivity index (χ3n) is 3.69. The van der Waals surface area contributed by atoms with Gasteiger partial charge >= 0.3 is 0 Å². The minimum absolute atomic E-state index is 0.182. The Bertz CT molecular complexity index is 968. The predicted octanol–water partition coefficient (Wildman–Crippen LogP) is 4.74. The zero-order chi connectivity index (χ0) is 20.7. The van der Waals surface area contributed by atoms with E-state index in [2.05, 4.69) is 79.5 Å². The molecule has 0 radical (unpaired) electrons. The Labute approximate surface area is 184 Å². The van der Waals surface area contributed by atoms with Crippen molar-refractivity contribution in [1.82, 2.24) is 15.0 Å². The first-order chi connectivity index (χ1) is 13.9. The zero-order valence-corrected chi connectivity index (χ0v) is 18.8. The van der Waals surface area contributed by atoms with Crippen molar-refractivity contribution in [2.75, 3.05) is 16.1 Å². The minimum atomic E-state index is -0.182. The van der Waals surface area contributed by atoms with Gasteiger partial charge in [-0.2, -0.15) is 20.1 Å². The van der Waals surface area contributed by atoms with Crippen LogP contribution in [0.15, 0.2) is 59.7 Å². The van der Waals surface area contributed by atoms with Gasteiger partial charge in [0, 0.05) is 21.2 Å². The summed E-state index contributed by atoms with van der Waals surface area (Å²) in [7, 11) is 0. The molecule has 0 bridgehead atoms. The van der Waals surface area contributed by atoms with E-state index in [4.69, 9.17) is 0 Å². The first-order valence-electron chi connectivity index (χ1n) is 9.25. The van der Waals surface area contributed by atoms with Gasteiger partial charge in [-0.1, -0.05) is 48.5 Å². The zero-order valence-electron chi connectivity index (χ0n) is 16.6. The third kappa shape index (κ3) is 6.97. The van der Waals surface area contributed by atoms with Crippen LogP contribution in [0.1, 0.15) is 31.9 Å². The van der Waals surface area contributed by atoms with E-state index in [0.717, 1.165) is 14.7 Å². The molecule has 7 nitrogen and oxygen atoms in total. The molecule has 3 aromatic rings. The summed E-state index contributed by atoms with van der Waals surface area (Å²) in [5.41, 5.74) is 4.89. The van der Waals surface area contributed by atoms with E-state index in [-0.39, 0.29) is 5.54 Å². The Morgan fingerprint density at radius 1 is 0.897 bits per heavy atom. The molecule has 0 aliphatic rings. The summed E-state index contributed by atoms with van der Waals surface area (Å²) < 4.78 is 1.12. The third-order valence-corrected chi connectivity index (χ3v) is 4.67.